The molecular weight excluding hydrogens is 306 g/mol. The van der Waals surface area contributed by atoms with E-state index in [2.05, 4.69) is 24.1 Å². The van der Waals surface area contributed by atoms with Gasteiger partial charge in [-0.2, -0.15) is 0 Å². The van der Waals surface area contributed by atoms with Crippen LogP contribution in [0.25, 0.3) is 0 Å². The lowest BCUT2D eigenvalue weighted by atomic mass is 9.82. The van der Waals surface area contributed by atoms with Gasteiger partial charge in [-0.05, 0) is 58.4 Å². The molecule has 0 aliphatic heterocycles. The highest BCUT2D eigenvalue weighted by Gasteiger charge is 2.25. The zero-order chi connectivity index (χ0) is 17.0. The third-order valence-electron chi connectivity index (χ3n) is 4.07. The van der Waals surface area contributed by atoms with Crippen molar-refractivity contribution in [3.63, 3.8) is 0 Å². The van der Waals surface area contributed by atoms with Gasteiger partial charge in [0.2, 0.25) is 5.91 Å². The van der Waals surface area contributed by atoms with Crippen molar-refractivity contribution in [2.24, 2.45) is 17.3 Å². The Morgan fingerprint density at radius 2 is 1.96 bits per heavy atom. The Hall–Kier alpha value is -1.60. The predicted molar refractivity (Wildman–Crippen MR) is 95.8 cm³/mol. The zero-order valence-electron chi connectivity index (χ0n) is 14.4. The maximum Gasteiger partial charge on any atom is 0.227 e. The number of rotatable bonds is 3. The van der Waals surface area contributed by atoms with Crippen LogP contribution >= 0.6 is 11.3 Å². The van der Waals surface area contributed by atoms with Gasteiger partial charge in [-0.25, -0.2) is 0 Å². The molecule has 0 aromatic carbocycles. The van der Waals surface area contributed by atoms with Crippen LogP contribution in [0.4, 0.5) is 5.69 Å². The molecular formula is C19H25NO2S. The van der Waals surface area contributed by atoms with Crippen molar-refractivity contribution in [2.45, 2.75) is 53.4 Å². The maximum atomic E-state index is 12.4. The van der Waals surface area contributed by atoms with E-state index in [1.54, 1.807) is 0 Å². The lowest BCUT2D eigenvalue weighted by Gasteiger charge is -2.25. The van der Waals surface area contributed by atoms with Gasteiger partial charge in [0.05, 0.1) is 15.4 Å². The van der Waals surface area contributed by atoms with Crippen molar-refractivity contribution >= 4 is 29.2 Å². The van der Waals surface area contributed by atoms with Crippen molar-refractivity contribution < 1.29 is 9.59 Å². The number of thiophene rings is 1. The second kappa shape index (κ2) is 7.31. The summed E-state index contributed by atoms with van der Waals surface area (Å²) in [5, 5.41) is 2.94. The second-order valence-corrected chi connectivity index (χ2v) is 8.54. The largest absolute Gasteiger partial charge is 0.324 e. The molecule has 1 aromatic rings. The molecule has 0 radical (unpaired) electrons. The number of hydrogen-bond donors (Lipinski definition) is 1. The molecule has 0 saturated heterocycles. The van der Waals surface area contributed by atoms with E-state index in [-0.39, 0.29) is 17.2 Å². The molecule has 4 heteroatoms. The molecule has 1 heterocycles. The Morgan fingerprint density at radius 1 is 1.30 bits per heavy atom. The quantitative estimate of drug-likeness (QED) is 0.643. The minimum Gasteiger partial charge on any atom is -0.324 e. The normalized spacial score (nSPS) is 21.2. The summed E-state index contributed by atoms with van der Waals surface area (Å²) in [5.41, 5.74) is 0.514. The van der Waals surface area contributed by atoms with Crippen LogP contribution in [0.2, 0.25) is 0 Å². The van der Waals surface area contributed by atoms with Crippen LogP contribution in [0, 0.1) is 29.1 Å². The van der Waals surface area contributed by atoms with Crippen molar-refractivity contribution in [3.05, 3.63) is 15.8 Å². The lowest BCUT2D eigenvalue weighted by Crippen LogP contribution is -2.26. The first-order chi connectivity index (χ1) is 10.8. The highest BCUT2D eigenvalue weighted by atomic mass is 32.1. The van der Waals surface area contributed by atoms with Crippen LogP contribution in [0.5, 0.6) is 0 Å². The minimum absolute atomic E-state index is 0.0353. The van der Waals surface area contributed by atoms with Gasteiger partial charge in [0.15, 0.2) is 6.29 Å². The zero-order valence-corrected chi connectivity index (χ0v) is 15.2. The summed E-state index contributed by atoms with van der Waals surface area (Å²) in [5.74, 6) is 7.07. The van der Waals surface area contributed by atoms with E-state index in [0.29, 0.717) is 16.5 Å². The first-order valence-corrected chi connectivity index (χ1v) is 9.03. The molecule has 1 saturated carbocycles. The van der Waals surface area contributed by atoms with E-state index in [0.717, 1.165) is 36.8 Å². The molecule has 1 fully saturated rings. The molecule has 3 nitrogen and oxygen atoms in total. The van der Waals surface area contributed by atoms with Crippen molar-refractivity contribution in [1.29, 1.82) is 0 Å². The van der Waals surface area contributed by atoms with Crippen LogP contribution in [0.1, 0.15) is 67.9 Å². The molecule has 1 N–H and O–H groups in total. The van der Waals surface area contributed by atoms with E-state index >= 15 is 0 Å². The van der Waals surface area contributed by atoms with E-state index in [4.69, 9.17) is 0 Å². The number of nitrogens with one attached hydrogen (secondary N) is 1. The molecule has 23 heavy (non-hydrogen) atoms. The van der Waals surface area contributed by atoms with Crippen molar-refractivity contribution in [3.8, 4) is 11.8 Å². The van der Waals surface area contributed by atoms with Gasteiger partial charge in [-0.3, -0.25) is 9.59 Å². The van der Waals surface area contributed by atoms with E-state index < -0.39 is 0 Å². The third kappa shape index (κ3) is 5.21. The average molecular weight is 331 g/mol. The summed E-state index contributed by atoms with van der Waals surface area (Å²) in [4.78, 5) is 25.0. The first-order valence-electron chi connectivity index (χ1n) is 8.21. The Kier molecular flexibility index (Phi) is 5.64. The van der Waals surface area contributed by atoms with Crippen LogP contribution in [-0.2, 0) is 4.79 Å². The maximum absolute atomic E-state index is 12.4. The van der Waals surface area contributed by atoms with Crippen molar-refractivity contribution in [1.82, 2.24) is 0 Å². The summed E-state index contributed by atoms with van der Waals surface area (Å²) in [6.07, 6.45) is 4.87. The van der Waals surface area contributed by atoms with Gasteiger partial charge in [-0.1, -0.05) is 18.8 Å². The van der Waals surface area contributed by atoms with Gasteiger partial charge >= 0.3 is 0 Å². The van der Waals surface area contributed by atoms with Gasteiger partial charge in [-0.15, -0.1) is 11.3 Å². The fourth-order valence-electron chi connectivity index (χ4n) is 2.66. The molecule has 1 aliphatic carbocycles. The predicted octanol–water partition coefficient (Wildman–Crippen LogP) is 4.72. The van der Waals surface area contributed by atoms with Crippen LogP contribution < -0.4 is 5.32 Å². The van der Waals surface area contributed by atoms with E-state index in [1.807, 2.05) is 26.8 Å². The fourth-order valence-corrected chi connectivity index (χ4v) is 3.44. The Labute approximate surface area is 142 Å². The molecule has 1 amide bonds. The third-order valence-corrected chi connectivity index (χ3v) is 5.05. The first kappa shape index (κ1) is 17.7. The number of carbonyl (C=O) groups excluding carboxylic acids is 2. The molecule has 0 bridgehead atoms. The topological polar surface area (TPSA) is 46.2 Å². The molecule has 2 rings (SSSR count). The van der Waals surface area contributed by atoms with E-state index in [9.17, 15) is 9.59 Å². The average Bonchev–Trinajstić information content (AvgIpc) is 2.87. The van der Waals surface area contributed by atoms with Gasteiger partial charge < -0.3 is 5.32 Å². The summed E-state index contributed by atoms with van der Waals surface area (Å²) >= 11 is 1.33. The monoisotopic (exact) mass is 331 g/mol. The van der Waals surface area contributed by atoms with Crippen molar-refractivity contribution in [2.75, 3.05) is 5.32 Å². The summed E-state index contributed by atoms with van der Waals surface area (Å²) in [7, 11) is 0. The number of carbonyl (C=O) groups is 2. The van der Waals surface area contributed by atoms with Crippen LogP contribution in [0.15, 0.2) is 6.07 Å². The Morgan fingerprint density at radius 3 is 2.52 bits per heavy atom. The second-order valence-electron chi connectivity index (χ2n) is 7.45. The standard InChI is InChI=1S/C19H25NO2S/c1-13-5-7-14(8-6-13)18(22)20-16-11-15(23-17(16)12-21)9-10-19(2,3)4/h11-14H,5-8H2,1-4H3,(H,20,22). The molecule has 0 atom stereocenters. The minimum atomic E-state index is -0.0897. The highest BCUT2D eigenvalue weighted by molar-refractivity contribution is 7.14. The number of aldehydes is 1. The summed E-state index contributed by atoms with van der Waals surface area (Å²) in [6.45, 7) is 8.36. The number of hydrogen-bond acceptors (Lipinski definition) is 3. The molecule has 1 aromatic heterocycles. The molecule has 0 unspecified atom stereocenters. The summed E-state index contributed by atoms with van der Waals surface area (Å²) in [6, 6.07) is 1.82. The van der Waals surface area contributed by atoms with Gasteiger partial charge in [0, 0.05) is 11.3 Å². The smallest absolute Gasteiger partial charge is 0.227 e. The van der Waals surface area contributed by atoms with Crippen LogP contribution in [0.3, 0.4) is 0 Å². The molecule has 0 spiro atoms. The lowest BCUT2D eigenvalue weighted by molar-refractivity contribution is -0.121. The Balaban J connectivity index is 2.09. The highest BCUT2D eigenvalue weighted by Crippen LogP contribution is 2.31. The molecule has 1 aliphatic rings. The fraction of sp³-hybridized carbons (Fsp3) is 0.579. The van der Waals surface area contributed by atoms with Gasteiger partial charge in [0.25, 0.3) is 0 Å². The van der Waals surface area contributed by atoms with E-state index in [1.165, 1.54) is 11.3 Å². The van der Waals surface area contributed by atoms with Gasteiger partial charge in [0.1, 0.15) is 0 Å². The Bertz CT molecular complexity index is 635. The van der Waals surface area contributed by atoms with Crippen LogP contribution in [-0.4, -0.2) is 12.2 Å². The SMILES string of the molecule is CC1CCC(C(=O)Nc2cc(C#CC(C)(C)C)sc2C=O)CC1. The summed E-state index contributed by atoms with van der Waals surface area (Å²) < 4.78 is 0. The molecule has 124 valence electrons. The number of anilines is 1. The number of amides is 1.